The predicted molar refractivity (Wildman–Crippen MR) is 68.0 cm³/mol. The highest BCUT2D eigenvalue weighted by atomic mass is 15.4. The summed E-state index contributed by atoms with van der Waals surface area (Å²) < 4.78 is 4.09. The molecule has 0 amide bonds. The summed E-state index contributed by atoms with van der Waals surface area (Å²) in [7, 11) is 0. The molecule has 2 heterocycles. The Morgan fingerprint density at radius 2 is 2.28 bits per heavy atom. The number of anilines is 1. The Bertz CT molecular complexity index is 537. The Labute approximate surface area is 106 Å². The molecule has 1 saturated carbocycles. The van der Waals surface area contributed by atoms with Crippen LogP contribution >= 0.6 is 0 Å². The van der Waals surface area contributed by atoms with Crippen LogP contribution in [0.5, 0.6) is 0 Å². The van der Waals surface area contributed by atoms with Gasteiger partial charge in [-0.2, -0.15) is 0 Å². The van der Waals surface area contributed by atoms with Crippen LogP contribution in [0.25, 0.3) is 0 Å². The molecule has 96 valence electrons. The minimum Gasteiger partial charge on any atom is -0.381 e. The Kier molecular flexibility index (Phi) is 2.77. The van der Waals surface area contributed by atoms with Crippen LogP contribution in [0.2, 0.25) is 0 Å². The molecule has 0 radical (unpaired) electrons. The van der Waals surface area contributed by atoms with E-state index in [9.17, 15) is 0 Å². The maximum Gasteiger partial charge on any atom is 0.169 e. The summed E-state index contributed by atoms with van der Waals surface area (Å²) in [6, 6.07) is 0. The number of hydrogen-bond acceptors (Lipinski definition) is 4. The van der Waals surface area contributed by atoms with Crippen molar-refractivity contribution in [1.29, 1.82) is 0 Å². The van der Waals surface area contributed by atoms with E-state index in [0.29, 0.717) is 18.3 Å². The van der Waals surface area contributed by atoms with Gasteiger partial charge >= 0.3 is 0 Å². The fraction of sp³-hybridized carbons (Fsp3) is 0.583. The molecular weight excluding hydrogens is 228 g/mol. The molecule has 1 aliphatic rings. The molecule has 1 fully saturated rings. The summed E-state index contributed by atoms with van der Waals surface area (Å²) in [6.45, 7) is 3.85. The summed E-state index contributed by atoms with van der Waals surface area (Å²) in [5.41, 5.74) is 8.14. The van der Waals surface area contributed by atoms with Crippen molar-refractivity contribution in [1.82, 2.24) is 24.5 Å². The predicted octanol–water partition coefficient (Wildman–Crippen LogP) is 1.39. The zero-order chi connectivity index (χ0) is 12.5. The normalized spacial score (nSPS) is 15.2. The fourth-order valence-corrected chi connectivity index (χ4v) is 2.30. The second-order valence-corrected chi connectivity index (χ2v) is 4.87. The highest BCUT2D eigenvalue weighted by molar-refractivity contribution is 5.38. The van der Waals surface area contributed by atoms with E-state index in [2.05, 4.69) is 26.8 Å². The third kappa shape index (κ3) is 1.98. The molecule has 0 spiro atoms. The highest BCUT2D eigenvalue weighted by Crippen LogP contribution is 2.42. The third-order valence-electron chi connectivity index (χ3n) is 3.34. The molecular formula is C12H18N6. The number of rotatable bonds is 5. The van der Waals surface area contributed by atoms with Crippen LogP contribution in [0, 0.1) is 0 Å². The Morgan fingerprint density at radius 3 is 3.00 bits per heavy atom. The first-order chi connectivity index (χ1) is 8.79. The molecule has 6 heteroatoms. The molecule has 0 aliphatic heterocycles. The third-order valence-corrected chi connectivity index (χ3v) is 3.34. The van der Waals surface area contributed by atoms with Crippen LogP contribution in [-0.2, 0) is 13.1 Å². The number of nitrogens with zero attached hydrogens (tertiary/aromatic N) is 5. The lowest BCUT2D eigenvalue weighted by Gasteiger charge is -2.08. The van der Waals surface area contributed by atoms with Crippen LogP contribution in [0.1, 0.15) is 43.5 Å². The van der Waals surface area contributed by atoms with E-state index < -0.39 is 0 Å². The molecule has 2 N–H and O–H groups in total. The second kappa shape index (κ2) is 4.44. The topological polar surface area (TPSA) is 74.5 Å². The maximum absolute atomic E-state index is 5.89. The number of hydrogen-bond donors (Lipinski definition) is 1. The molecule has 0 unspecified atom stereocenters. The summed E-state index contributed by atoms with van der Waals surface area (Å²) in [6.07, 6.45) is 7.26. The van der Waals surface area contributed by atoms with Crippen molar-refractivity contribution < 1.29 is 0 Å². The number of aryl methyl sites for hydroxylation is 1. The maximum atomic E-state index is 5.89. The minimum atomic E-state index is 0.558. The van der Waals surface area contributed by atoms with Crippen molar-refractivity contribution in [2.75, 3.05) is 5.73 Å². The smallest absolute Gasteiger partial charge is 0.169 e. The molecule has 0 aromatic carbocycles. The van der Waals surface area contributed by atoms with Gasteiger partial charge in [0.05, 0.1) is 30.5 Å². The van der Waals surface area contributed by atoms with Gasteiger partial charge in [0.1, 0.15) is 0 Å². The molecule has 2 aromatic rings. The molecule has 18 heavy (non-hydrogen) atoms. The average molecular weight is 246 g/mol. The standard InChI is InChI=1S/C12H18N6/c1-2-5-17-8-14-6-10(17)7-18-11(9-3-4-9)12(13)15-16-18/h6,8-9H,2-5,7,13H2,1H3. The van der Waals surface area contributed by atoms with Gasteiger partial charge in [-0.15, -0.1) is 5.10 Å². The quantitative estimate of drug-likeness (QED) is 0.865. The van der Waals surface area contributed by atoms with Crippen molar-refractivity contribution in [2.24, 2.45) is 0 Å². The van der Waals surface area contributed by atoms with Gasteiger partial charge in [-0.25, -0.2) is 9.67 Å². The van der Waals surface area contributed by atoms with E-state index in [4.69, 9.17) is 5.73 Å². The van der Waals surface area contributed by atoms with E-state index >= 15 is 0 Å². The first-order valence-corrected chi connectivity index (χ1v) is 6.47. The number of nitrogen functional groups attached to an aromatic ring is 1. The SMILES string of the molecule is CCCn1cncc1Cn1nnc(N)c1C1CC1. The number of nitrogens with two attached hydrogens (primary N) is 1. The minimum absolute atomic E-state index is 0.558. The monoisotopic (exact) mass is 246 g/mol. The zero-order valence-electron chi connectivity index (χ0n) is 10.6. The summed E-state index contributed by atoms with van der Waals surface area (Å²) in [4.78, 5) is 4.20. The fourth-order valence-electron chi connectivity index (χ4n) is 2.30. The summed E-state index contributed by atoms with van der Waals surface area (Å²) >= 11 is 0. The van der Waals surface area contributed by atoms with E-state index in [0.717, 1.165) is 24.4 Å². The van der Waals surface area contributed by atoms with Crippen LogP contribution in [0.4, 0.5) is 5.82 Å². The van der Waals surface area contributed by atoms with Gasteiger partial charge in [-0.3, -0.25) is 0 Å². The van der Waals surface area contributed by atoms with E-state index in [1.807, 2.05) is 17.2 Å². The Hall–Kier alpha value is -1.85. The Morgan fingerprint density at radius 1 is 1.44 bits per heavy atom. The first kappa shape index (κ1) is 11.3. The van der Waals surface area contributed by atoms with Gasteiger partial charge < -0.3 is 10.3 Å². The van der Waals surface area contributed by atoms with Gasteiger partial charge in [-0.05, 0) is 19.3 Å². The summed E-state index contributed by atoms with van der Waals surface area (Å²) in [5.74, 6) is 1.14. The van der Waals surface area contributed by atoms with E-state index in [-0.39, 0.29) is 0 Å². The van der Waals surface area contributed by atoms with Crippen LogP contribution in [0.15, 0.2) is 12.5 Å². The molecule has 0 bridgehead atoms. The summed E-state index contributed by atoms with van der Waals surface area (Å²) in [5, 5.41) is 8.15. The van der Waals surface area contributed by atoms with Crippen molar-refractivity contribution in [3.8, 4) is 0 Å². The van der Waals surface area contributed by atoms with Gasteiger partial charge in [0.25, 0.3) is 0 Å². The van der Waals surface area contributed by atoms with Crippen LogP contribution < -0.4 is 5.73 Å². The lowest BCUT2D eigenvalue weighted by Crippen LogP contribution is -2.11. The van der Waals surface area contributed by atoms with Gasteiger partial charge in [0.2, 0.25) is 0 Å². The van der Waals surface area contributed by atoms with Gasteiger partial charge in [-0.1, -0.05) is 12.1 Å². The van der Waals surface area contributed by atoms with Gasteiger partial charge in [0, 0.05) is 12.5 Å². The molecule has 6 nitrogen and oxygen atoms in total. The lowest BCUT2D eigenvalue weighted by atomic mass is 10.3. The largest absolute Gasteiger partial charge is 0.381 e. The first-order valence-electron chi connectivity index (χ1n) is 6.47. The second-order valence-electron chi connectivity index (χ2n) is 4.87. The molecule has 3 rings (SSSR count). The van der Waals surface area contributed by atoms with E-state index in [1.54, 1.807) is 0 Å². The molecule has 2 aromatic heterocycles. The van der Waals surface area contributed by atoms with Crippen LogP contribution in [0.3, 0.4) is 0 Å². The number of imidazole rings is 1. The van der Waals surface area contributed by atoms with E-state index in [1.165, 1.54) is 12.8 Å². The Balaban J connectivity index is 1.85. The van der Waals surface area contributed by atoms with Crippen molar-refractivity contribution in [3.05, 3.63) is 23.9 Å². The molecule has 1 aliphatic carbocycles. The van der Waals surface area contributed by atoms with Gasteiger partial charge in [0.15, 0.2) is 5.82 Å². The molecule has 0 saturated heterocycles. The molecule has 0 atom stereocenters. The van der Waals surface area contributed by atoms with Crippen LogP contribution in [-0.4, -0.2) is 24.5 Å². The van der Waals surface area contributed by atoms with Crippen molar-refractivity contribution in [2.45, 2.75) is 45.2 Å². The van der Waals surface area contributed by atoms with Crippen molar-refractivity contribution >= 4 is 5.82 Å². The number of aromatic nitrogens is 5. The average Bonchev–Trinajstić information content (AvgIpc) is 3.00. The van der Waals surface area contributed by atoms with Crippen molar-refractivity contribution in [3.63, 3.8) is 0 Å². The zero-order valence-corrected chi connectivity index (χ0v) is 10.6. The highest BCUT2D eigenvalue weighted by Gasteiger charge is 2.30. The lowest BCUT2D eigenvalue weighted by molar-refractivity contribution is 0.568.